The van der Waals surface area contributed by atoms with Crippen LogP contribution in [0.5, 0.6) is 0 Å². The average Bonchev–Trinajstić information content (AvgIpc) is 2.38. The Hall–Kier alpha value is -1.41. The van der Waals surface area contributed by atoms with Crippen molar-refractivity contribution in [1.82, 2.24) is 4.98 Å². The number of benzene rings is 1. The molecule has 0 unspecified atom stereocenters. The Kier molecular flexibility index (Phi) is 3.91. The van der Waals surface area contributed by atoms with Gasteiger partial charge in [0.15, 0.2) is 0 Å². The molecule has 1 heterocycles. The van der Waals surface area contributed by atoms with Crippen molar-refractivity contribution < 1.29 is 0 Å². The number of hydrogen-bond acceptors (Lipinski definition) is 2. The van der Waals surface area contributed by atoms with Crippen LogP contribution in [0.3, 0.4) is 0 Å². The molecule has 0 aliphatic carbocycles. The summed E-state index contributed by atoms with van der Waals surface area (Å²) in [7, 11) is 0. The second-order valence-corrected chi connectivity index (χ2v) is 6.14. The van der Waals surface area contributed by atoms with Gasteiger partial charge in [0.1, 0.15) is 0 Å². The van der Waals surface area contributed by atoms with Crippen LogP contribution >= 0.6 is 0 Å². The second-order valence-electron chi connectivity index (χ2n) is 6.14. The molecular formula is C17H24N2. The van der Waals surface area contributed by atoms with Crippen molar-refractivity contribution in [1.29, 1.82) is 0 Å². The van der Waals surface area contributed by atoms with E-state index in [2.05, 4.69) is 52.0 Å². The summed E-state index contributed by atoms with van der Waals surface area (Å²) in [5, 5.41) is 1.27. The Bertz CT molecular complexity index is 585. The maximum Gasteiger partial charge on any atom is 0.0739 e. The normalized spacial score (nSPS) is 12.1. The largest absolute Gasteiger partial charge is 0.330 e. The molecule has 1 aromatic heterocycles. The van der Waals surface area contributed by atoms with Crippen LogP contribution in [0.15, 0.2) is 24.3 Å². The SMILES string of the molecule is CCc1cccc2c(C)cc(CC(C)(C)CN)nc12. The van der Waals surface area contributed by atoms with Crippen LogP contribution in [0.1, 0.15) is 37.6 Å². The van der Waals surface area contributed by atoms with Crippen LogP contribution in [0.4, 0.5) is 0 Å². The van der Waals surface area contributed by atoms with Gasteiger partial charge in [-0.2, -0.15) is 0 Å². The topological polar surface area (TPSA) is 38.9 Å². The molecule has 2 N–H and O–H groups in total. The zero-order valence-corrected chi connectivity index (χ0v) is 12.5. The first kappa shape index (κ1) is 14.0. The van der Waals surface area contributed by atoms with Crippen molar-refractivity contribution in [2.24, 2.45) is 11.1 Å². The summed E-state index contributed by atoms with van der Waals surface area (Å²) in [5.74, 6) is 0. The Morgan fingerprint density at radius 1 is 1.26 bits per heavy atom. The number of aromatic nitrogens is 1. The molecule has 2 nitrogen and oxygen atoms in total. The Balaban J connectivity index is 2.54. The van der Waals surface area contributed by atoms with Gasteiger partial charge < -0.3 is 5.73 Å². The standard InChI is InChI=1S/C17H24N2/c1-5-13-7-6-8-15-12(2)9-14(19-16(13)15)10-17(3,4)11-18/h6-9H,5,10-11,18H2,1-4H3. The monoisotopic (exact) mass is 256 g/mol. The van der Waals surface area contributed by atoms with Crippen molar-refractivity contribution in [2.45, 2.75) is 40.5 Å². The molecule has 0 bridgehead atoms. The molecule has 19 heavy (non-hydrogen) atoms. The lowest BCUT2D eigenvalue weighted by Crippen LogP contribution is -2.26. The fourth-order valence-electron chi connectivity index (χ4n) is 2.48. The highest BCUT2D eigenvalue weighted by molar-refractivity contribution is 5.85. The van der Waals surface area contributed by atoms with E-state index >= 15 is 0 Å². The average molecular weight is 256 g/mol. The first-order chi connectivity index (χ1) is 8.96. The maximum absolute atomic E-state index is 5.83. The summed E-state index contributed by atoms with van der Waals surface area (Å²) in [4.78, 5) is 4.88. The quantitative estimate of drug-likeness (QED) is 0.907. The lowest BCUT2D eigenvalue weighted by molar-refractivity contribution is 0.373. The number of para-hydroxylation sites is 1. The highest BCUT2D eigenvalue weighted by Gasteiger charge is 2.18. The number of pyridine rings is 1. The predicted molar refractivity (Wildman–Crippen MR) is 82.4 cm³/mol. The maximum atomic E-state index is 5.83. The molecule has 0 atom stereocenters. The highest BCUT2D eigenvalue weighted by Crippen LogP contribution is 2.25. The van der Waals surface area contributed by atoms with E-state index in [1.165, 1.54) is 16.5 Å². The van der Waals surface area contributed by atoms with Gasteiger partial charge in [-0.1, -0.05) is 39.0 Å². The number of hydrogen-bond donors (Lipinski definition) is 1. The number of aryl methyl sites for hydroxylation is 2. The number of nitrogens with two attached hydrogens (primary N) is 1. The van der Waals surface area contributed by atoms with Gasteiger partial charge in [-0.3, -0.25) is 4.98 Å². The lowest BCUT2D eigenvalue weighted by atomic mass is 9.87. The first-order valence-corrected chi connectivity index (χ1v) is 7.05. The fraction of sp³-hybridized carbons (Fsp3) is 0.471. The van der Waals surface area contributed by atoms with Gasteiger partial charge in [-0.15, -0.1) is 0 Å². The van der Waals surface area contributed by atoms with Gasteiger partial charge in [-0.05, 0) is 48.9 Å². The third kappa shape index (κ3) is 2.95. The number of fused-ring (bicyclic) bond motifs is 1. The van der Waals surface area contributed by atoms with Gasteiger partial charge in [0.2, 0.25) is 0 Å². The third-order valence-electron chi connectivity index (χ3n) is 3.78. The van der Waals surface area contributed by atoms with Gasteiger partial charge in [-0.25, -0.2) is 0 Å². The smallest absolute Gasteiger partial charge is 0.0739 e. The summed E-state index contributed by atoms with van der Waals surface area (Å²) in [6.45, 7) is 9.42. The van der Waals surface area contributed by atoms with E-state index in [-0.39, 0.29) is 5.41 Å². The fourth-order valence-corrected chi connectivity index (χ4v) is 2.48. The molecule has 102 valence electrons. The van der Waals surface area contributed by atoms with Gasteiger partial charge in [0, 0.05) is 11.1 Å². The van der Waals surface area contributed by atoms with E-state index in [0.29, 0.717) is 6.54 Å². The molecule has 0 aliphatic heterocycles. The van der Waals surface area contributed by atoms with Crippen LogP contribution in [0.2, 0.25) is 0 Å². The van der Waals surface area contributed by atoms with Crippen molar-refractivity contribution >= 4 is 10.9 Å². The molecule has 0 amide bonds. The summed E-state index contributed by atoms with van der Waals surface area (Å²) >= 11 is 0. The lowest BCUT2D eigenvalue weighted by Gasteiger charge is -2.22. The van der Waals surface area contributed by atoms with E-state index in [0.717, 1.165) is 24.1 Å². The van der Waals surface area contributed by atoms with Crippen LogP contribution in [0.25, 0.3) is 10.9 Å². The van der Waals surface area contributed by atoms with E-state index in [4.69, 9.17) is 10.7 Å². The van der Waals surface area contributed by atoms with Crippen molar-refractivity contribution in [2.75, 3.05) is 6.54 Å². The molecule has 2 aromatic rings. The van der Waals surface area contributed by atoms with Gasteiger partial charge in [0.05, 0.1) is 5.52 Å². The summed E-state index contributed by atoms with van der Waals surface area (Å²) in [6, 6.07) is 8.67. The Morgan fingerprint density at radius 3 is 2.63 bits per heavy atom. The molecule has 0 aliphatic rings. The molecule has 0 saturated carbocycles. The molecule has 0 radical (unpaired) electrons. The van der Waals surface area contributed by atoms with Crippen molar-refractivity contribution in [3.8, 4) is 0 Å². The van der Waals surface area contributed by atoms with E-state index in [1.54, 1.807) is 0 Å². The minimum Gasteiger partial charge on any atom is -0.330 e. The highest BCUT2D eigenvalue weighted by atomic mass is 14.7. The molecule has 0 saturated heterocycles. The van der Waals surface area contributed by atoms with Crippen molar-refractivity contribution in [3.63, 3.8) is 0 Å². The predicted octanol–water partition coefficient (Wildman–Crippen LogP) is 3.63. The minimum atomic E-state index is 0.105. The summed E-state index contributed by atoms with van der Waals surface area (Å²) in [6.07, 6.45) is 1.95. The first-order valence-electron chi connectivity index (χ1n) is 7.05. The molecule has 0 spiro atoms. The zero-order valence-electron chi connectivity index (χ0n) is 12.5. The van der Waals surface area contributed by atoms with Crippen LogP contribution in [-0.4, -0.2) is 11.5 Å². The van der Waals surface area contributed by atoms with Crippen LogP contribution < -0.4 is 5.73 Å². The molecule has 2 rings (SSSR count). The molecule has 0 fully saturated rings. The number of nitrogens with zero attached hydrogens (tertiary/aromatic N) is 1. The number of rotatable bonds is 4. The Morgan fingerprint density at radius 2 is 2.00 bits per heavy atom. The van der Waals surface area contributed by atoms with Crippen LogP contribution in [-0.2, 0) is 12.8 Å². The Labute approximate surface area is 116 Å². The van der Waals surface area contributed by atoms with Crippen molar-refractivity contribution in [3.05, 3.63) is 41.1 Å². The molecular weight excluding hydrogens is 232 g/mol. The van der Waals surface area contributed by atoms with E-state index in [9.17, 15) is 0 Å². The third-order valence-corrected chi connectivity index (χ3v) is 3.78. The minimum absolute atomic E-state index is 0.105. The summed E-state index contributed by atoms with van der Waals surface area (Å²) in [5.41, 5.74) is 10.9. The van der Waals surface area contributed by atoms with Crippen LogP contribution in [0, 0.1) is 12.3 Å². The van der Waals surface area contributed by atoms with E-state index in [1.807, 2.05) is 0 Å². The second kappa shape index (κ2) is 5.30. The molecule has 2 heteroatoms. The van der Waals surface area contributed by atoms with Gasteiger partial charge in [0.25, 0.3) is 0 Å². The van der Waals surface area contributed by atoms with Gasteiger partial charge >= 0.3 is 0 Å². The zero-order chi connectivity index (χ0) is 14.0. The van der Waals surface area contributed by atoms with E-state index < -0.39 is 0 Å². The molecule has 1 aromatic carbocycles. The summed E-state index contributed by atoms with van der Waals surface area (Å²) < 4.78 is 0.